The van der Waals surface area contributed by atoms with Gasteiger partial charge in [-0.1, -0.05) is 29.8 Å². The molecule has 1 atom stereocenters. The van der Waals surface area contributed by atoms with E-state index < -0.39 is 0 Å². The number of methoxy groups -OCH3 is 1. The lowest BCUT2D eigenvalue weighted by molar-refractivity contribution is 0.295. The van der Waals surface area contributed by atoms with E-state index in [1.165, 1.54) is 5.56 Å². The zero-order chi connectivity index (χ0) is 14.4. The molecular weight excluding hydrogens is 304 g/mol. The molecule has 1 aromatic rings. The molecule has 0 spiro atoms. The minimum absolute atomic E-state index is 0.274. The molecule has 0 fully saturated rings. The Bertz CT molecular complexity index is 396. The predicted molar refractivity (Wildman–Crippen MR) is 84.5 cm³/mol. The third-order valence-electron chi connectivity index (χ3n) is 3.39. The van der Waals surface area contributed by atoms with Crippen LogP contribution in [0, 0.1) is 5.92 Å². The first kappa shape index (κ1) is 16.5. The van der Waals surface area contributed by atoms with Crippen molar-refractivity contribution in [3.63, 3.8) is 0 Å². The Balaban J connectivity index is 2.54. The lowest BCUT2D eigenvalue weighted by Crippen LogP contribution is -2.31. The van der Waals surface area contributed by atoms with Gasteiger partial charge in [-0.3, -0.25) is 0 Å². The van der Waals surface area contributed by atoms with E-state index in [-0.39, 0.29) is 6.04 Å². The molecule has 0 aromatic heterocycles. The minimum Gasteiger partial charge on any atom is -0.497 e. The SMILES string of the molecule is COc1ccc(Br)c(CN(C)CCC(N)C(C)C)c1. The number of hydrogen-bond donors (Lipinski definition) is 1. The molecule has 0 saturated carbocycles. The zero-order valence-electron chi connectivity index (χ0n) is 12.3. The molecule has 0 saturated heterocycles. The van der Waals surface area contributed by atoms with Crippen LogP contribution < -0.4 is 10.5 Å². The number of benzene rings is 1. The van der Waals surface area contributed by atoms with Gasteiger partial charge in [0.15, 0.2) is 0 Å². The summed E-state index contributed by atoms with van der Waals surface area (Å²) in [5, 5.41) is 0. The number of nitrogens with zero attached hydrogens (tertiary/aromatic N) is 1. The highest BCUT2D eigenvalue weighted by Crippen LogP contribution is 2.23. The van der Waals surface area contributed by atoms with E-state index in [4.69, 9.17) is 10.5 Å². The molecule has 0 aliphatic rings. The summed E-state index contributed by atoms with van der Waals surface area (Å²) in [6, 6.07) is 6.34. The number of nitrogens with two attached hydrogens (primary N) is 1. The van der Waals surface area contributed by atoms with Gasteiger partial charge in [-0.25, -0.2) is 0 Å². The van der Waals surface area contributed by atoms with Gasteiger partial charge in [0.2, 0.25) is 0 Å². The largest absolute Gasteiger partial charge is 0.497 e. The smallest absolute Gasteiger partial charge is 0.119 e. The molecule has 108 valence electrons. The molecule has 1 rings (SSSR count). The molecule has 3 nitrogen and oxygen atoms in total. The zero-order valence-corrected chi connectivity index (χ0v) is 13.9. The summed E-state index contributed by atoms with van der Waals surface area (Å²) in [4.78, 5) is 2.29. The van der Waals surface area contributed by atoms with E-state index >= 15 is 0 Å². The van der Waals surface area contributed by atoms with Crippen molar-refractivity contribution in [3.05, 3.63) is 28.2 Å². The maximum Gasteiger partial charge on any atom is 0.119 e. The summed E-state index contributed by atoms with van der Waals surface area (Å²) in [5.41, 5.74) is 7.31. The van der Waals surface area contributed by atoms with Crippen molar-refractivity contribution in [2.45, 2.75) is 32.9 Å². The van der Waals surface area contributed by atoms with Crippen LogP contribution in [0.2, 0.25) is 0 Å². The van der Waals surface area contributed by atoms with Crippen molar-refractivity contribution in [1.82, 2.24) is 4.90 Å². The Kier molecular flexibility index (Phi) is 6.83. The lowest BCUT2D eigenvalue weighted by Gasteiger charge is -2.22. The summed E-state index contributed by atoms with van der Waals surface area (Å²) in [5.74, 6) is 1.43. The highest BCUT2D eigenvalue weighted by Gasteiger charge is 2.10. The van der Waals surface area contributed by atoms with Crippen LogP contribution in [0.5, 0.6) is 5.75 Å². The first-order valence-electron chi connectivity index (χ1n) is 6.70. The predicted octanol–water partition coefficient (Wildman–Crippen LogP) is 3.26. The molecule has 2 N–H and O–H groups in total. The van der Waals surface area contributed by atoms with Crippen molar-refractivity contribution in [2.24, 2.45) is 11.7 Å². The van der Waals surface area contributed by atoms with Crippen LogP contribution in [0.15, 0.2) is 22.7 Å². The third-order valence-corrected chi connectivity index (χ3v) is 4.17. The van der Waals surface area contributed by atoms with Crippen LogP contribution in [-0.2, 0) is 6.54 Å². The highest BCUT2D eigenvalue weighted by molar-refractivity contribution is 9.10. The Morgan fingerprint density at radius 3 is 2.63 bits per heavy atom. The summed E-state index contributed by atoms with van der Waals surface area (Å²) in [7, 11) is 3.82. The Hall–Kier alpha value is -0.580. The summed E-state index contributed by atoms with van der Waals surface area (Å²) in [6.07, 6.45) is 1.02. The molecule has 0 radical (unpaired) electrons. The Morgan fingerprint density at radius 1 is 1.37 bits per heavy atom. The second kappa shape index (κ2) is 7.88. The van der Waals surface area contributed by atoms with Gasteiger partial charge in [0.05, 0.1) is 7.11 Å². The van der Waals surface area contributed by atoms with E-state index in [0.29, 0.717) is 5.92 Å². The van der Waals surface area contributed by atoms with Crippen LogP contribution >= 0.6 is 15.9 Å². The maximum atomic E-state index is 6.08. The van der Waals surface area contributed by atoms with Crippen molar-refractivity contribution < 1.29 is 4.74 Å². The molecule has 4 heteroatoms. The second-order valence-electron chi connectivity index (χ2n) is 5.39. The maximum absolute atomic E-state index is 6.08. The van der Waals surface area contributed by atoms with Gasteiger partial charge in [-0.15, -0.1) is 0 Å². The van der Waals surface area contributed by atoms with Crippen LogP contribution in [0.1, 0.15) is 25.8 Å². The Morgan fingerprint density at radius 2 is 2.05 bits per heavy atom. The molecule has 19 heavy (non-hydrogen) atoms. The van der Waals surface area contributed by atoms with E-state index in [9.17, 15) is 0 Å². The van der Waals surface area contributed by atoms with Crippen molar-refractivity contribution >= 4 is 15.9 Å². The highest BCUT2D eigenvalue weighted by atomic mass is 79.9. The molecule has 0 amide bonds. The van der Waals surface area contributed by atoms with Crippen LogP contribution in [0.4, 0.5) is 0 Å². The standard InChI is InChI=1S/C15H25BrN2O/c1-11(2)15(17)7-8-18(3)10-12-9-13(19-4)5-6-14(12)16/h5-6,9,11,15H,7-8,10,17H2,1-4H3. The normalized spacial score (nSPS) is 13.1. The second-order valence-corrected chi connectivity index (χ2v) is 6.25. The quantitative estimate of drug-likeness (QED) is 0.834. The number of ether oxygens (including phenoxy) is 1. The number of hydrogen-bond acceptors (Lipinski definition) is 3. The van der Waals surface area contributed by atoms with Gasteiger partial charge < -0.3 is 15.4 Å². The first-order valence-corrected chi connectivity index (χ1v) is 7.50. The van der Waals surface area contributed by atoms with Gasteiger partial charge in [-0.2, -0.15) is 0 Å². The fourth-order valence-electron chi connectivity index (χ4n) is 1.87. The van der Waals surface area contributed by atoms with E-state index in [0.717, 1.165) is 29.7 Å². The van der Waals surface area contributed by atoms with E-state index in [2.05, 4.69) is 47.8 Å². The molecule has 0 aliphatic heterocycles. The van der Waals surface area contributed by atoms with Crippen molar-refractivity contribution in [3.8, 4) is 5.75 Å². The summed E-state index contributed by atoms with van der Waals surface area (Å²) >= 11 is 3.58. The fraction of sp³-hybridized carbons (Fsp3) is 0.600. The third kappa shape index (κ3) is 5.51. The molecular formula is C15H25BrN2O. The molecule has 0 bridgehead atoms. The Labute approximate surface area is 125 Å². The average Bonchev–Trinajstić information content (AvgIpc) is 2.38. The van der Waals surface area contributed by atoms with Crippen molar-refractivity contribution in [2.75, 3.05) is 20.7 Å². The lowest BCUT2D eigenvalue weighted by atomic mass is 10.0. The molecule has 0 aliphatic carbocycles. The molecule has 0 heterocycles. The van der Waals surface area contributed by atoms with E-state index in [1.807, 2.05) is 12.1 Å². The van der Waals surface area contributed by atoms with Crippen molar-refractivity contribution in [1.29, 1.82) is 0 Å². The van der Waals surface area contributed by atoms with Crippen LogP contribution in [0.25, 0.3) is 0 Å². The van der Waals surface area contributed by atoms with Crippen LogP contribution in [0.3, 0.4) is 0 Å². The monoisotopic (exact) mass is 328 g/mol. The van der Waals surface area contributed by atoms with Gasteiger partial charge in [0.1, 0.15) is 5.75 Å². The summed E-state index contributed by atoms with van der Waals surface area (Å²) < 4.78 is 6.38. The van der Waals surface area contributed by atoms with Gasteiger partial charge in [0.25, 0.3) is 0 Å². The van der Waals surface area contributed by atoms with Gasteiger partial charge in [-0.05, 0) is 49.7 Å². The van der Waals surface area contributed by atoms with Gasteiger partial charge in [0, 0.05) is 17.1 Å². The first-order chi connectivity index (χ1) is 8.93. The number of halogens is 1. The average molecular weight is 329 g/mol. The van der Waals surface area contributed by atoms with Crippen LogP contribution in [-0.4, -0.2) is 31.6 Å². The minimum atomic E-state index is 0.274. The van der Waals surface area contributed by atoms with Gasteiger partial charge >= 0.3 is 0 Å². The molecule has 1 aromatic carbocycles. The summed E-state index contributed by atoms with van der Waals surface area (Å²) in [6.45, 7) is 6.23. The molecule has 1 unspecified atom stereocenters. The van der Waals surface area contributed by atoms with E-state index in [1.54, 1.807) is 7.11 Å². The fourth-order valence-corrected chi connectivity index (χ4v) is 2.24. The number of rotatable bonds is 7. The topological polar surface area (TPSA) is 38.5 Å².